The van der Waals surface area contributed by atoms with Crippen LogP contribution in [-0.2, 0) is 12.8 Å². The van der Waals surface area contributed by atoms with E-state index in [4.69, 9.17) is 0 Å². The molecule has 3 rings (SSSR count). The molecule has 0 atom stereocenters. The first-order valence-electron chi connectivity index (χ1n) is 7.00. The van der Waals surface area contributed by atoms with Crippen LogP contribution in [0.4, 0.5) is 0 Å². The van der Waals surface area contributed by atoms with E-state index in [2.05, 4.69) is 11.1 Å². The van der Waals surface area contributed by atoms with Crippen molar-refractivity contribution in [1.29, 1.82) is 0 Å². The van der Waals surface area contributed by atoms with Gasteiger partial charge in [-0.2, -0.15) is 0 Å². The molecule has 0 fully saturated rings. The summed E-state index contributed by atoms with van der Waals surface area (Å²) in [4.78, 5) is 18.1. The molecule has 102 valence electrons. The molecule has 0 aliphatic heterocycles. The van der Waals surface area contributed by atoms with E-state index in [1.165, 1.54) is 35.9 Å². The molecule has 2 nitrogen and oxygen atoms in total. The first kappa shape index (κ1) is 13.4. The molecule has 1 aliphatic rings. The highest BCUT2D eigenvalue weighted by Gasteiger charge is 2.18. The summed E-state index contributed by atoms with van der Waals surface area (Å²) in [7, 11) is 0. The van der Waals surface area contributed by atoms with Gasteiger partial charge in [-0.15, -0.1) is 0 Å². The topological polar surface area (TPSA) is 30.0 Å². The molecular formula is C17H17NOS. The number of pyridine rings is 1. The monoisotopic (exact) mass is 283 g/mol. The molecule has 2 aromatic rings. The fourth-order valence-electron chi connectivity index (χ4n) is 2.62. The predicted octanol–water partition coefficient (Wildman–Crippen LogP) is 4.20. The van der Waals surface area contributed by atoms with E-state index in [0.29, 0.717) is 0 Å². The molecule has 1 aromatic carbocycles. The van der Waals surface area contributed by atoms with Crippen LogP contribution >= 0.6 is 11.8 Å². The number of hydrogen-bond acceptors (Lipinski definition) is 3. The number of rotatable bonds is 2. The lowest BCUT2D eigenvalue weighted by molar-refractivity contribution is 0.108. The summed E-state index contributed by atoms with van der Waals surface area (Å²) < 4.78 is 0. The minimum atomic E-state index is 0.115. The van der Waals surface area contributed by atoms with Crippen molar-refractivity contribution >= 4 is 16.9 Å². The van der Waals surface area contributed by atoms with Crippen molar-refractivity contribution in [3.05, 3.63) is 58.9 Å². The van der Waals surface area contributed by atoms with Crippen molar-refractivity contribution in [3.8, 4) is 0 Å². The Labute approximate surface area is 123 Å². The van der Waals surface area contributed by atoms with Gasteiger partial charge >= 0.3 is 0 Å². The van der Waals surface area contributed by atoms with E-state index >= 15 is 0 Å². The molecule has 3 heteroatoms. The highest BCUT2D eigenvalue weighted by Crippen LogP contribution is 2.32. The third-order valence-corrected chi connectivity index (χ3v) is 4.60. The van der Waals surface area contributed by atoms with Crippen molar-refractivity contribution in [3.63, 3.8) is 0 Å². The van der Waals surface area contributed by atoms with Crippen LogP contribution in [-0.4, -0.2) is 10.1 Å². The number of fused-ring (bicyclic) bond motifs is 1. The maximum Gasteiger partial charge on any atom is 0.224 e. The van der Waals surface area contributed by atoms with Crippen LogP contribution in [0, 0.1) is 6.92 Å². The van der Waals surface area contributed by atoms with Gasteiger partial charge in [-0.25, -0.2) is 0 Å². The zero-order valence-corrected chi connectivity index (χ0v) is 12.4. The number of aromatic nitrogens is 1. The van der Waals surface area contributed by atoms with E-state index in [9.17, 15) is 4.79 Å². The van der Waals surface area contributed by atoms with Crippen LogP contribution in [0.15, 0.2) is 41.3 Å². The second-order valence-electron chi connectivity index (χ2n) is 5.15. The Bertz CT molecular complexity index is 637. The van der Waals surface area contributed by atoms with E-state index in [-0.39, 0.29) is 5.12 Å². The molecule has 0 bridgehead atoms. The fraction of sp³-hybridized carbons (Fsp3) is 0.294. The van der Waals surface area contributed by atoms with Gasteiger partial charge in [0, 0.05) is 21.8 Å². The zero-order valence-electron chi connectivity index (χ0n) is 11.6. The Morgan fingerprint density at radius 1 is 1.15 bits per heavy atom. The molecule has 0 unspecified atom stereocenters. The first-order valence-corrected chi connectivity index (χ1v) is 7.82. The third kappa shape index (κ3) is 2.78. The maximum atomic E-state index is 12.4. The van der Waals surface area contributed by atoms with Crippen molar-refractivity contribution in [2.45, 2.75) is 37.5 Å². The first-order chi connectivity index (χ1) is 9.74. The normalized spacial score (nSPS) is 13.8. The Morgan fingerprint density at radius 3 is 2.70 bits per heavy atom. The van der Waals surface area contributed by atoms with Crippen LogP contribution in [0.3, 0.4) is 0 Å². The quantitative estimate of drug-likeness (QED) is 0.774. The van der Waals surface area contributed by atoms with Crippen LogP contribution in [0.5, 0.6) is 0 Å². The van der Waals surface area contributed by atoms with Crippen LogP contribution in [0.1, 0.15) is 40.2 Å². The number of benzene rings is 1. The summed E-state index contributed by atoms with van der Waals surface area (Å²) in [5.41, 5.74) is 4.25. The number of hydrogen-bond donors (Lipinski definition) is 0. The van der Waals surface area contributed by atoms with Gasteiger partial charge in [0.2, 0.25) is 5.12 Å². The SMILES string of the molecule is Cc1cc(SC(=O)c2ccccc2)c2c(n1)CCCC2. The van der Waals surface area contributed by atoms with E-state index in [0.717, 1.165) is 29.0 Å². The second-order valence-corrected chi connectivity index (χ2v) is 6.16. The van der Waals surface area contributed by atoms with Crippen LogP contribution in [0.25, 0.3) is 0 Å². The molecule has 0 radical (unpaired) electrons. The summed E-state index contributed by atoms with van der Waals surface area (Å²) in [6, 6.07) is 11.5. The summed E-state index contributed by atoms with van der Waals surface area (Å²) in [6.45, 7) is 2.01. The number of nitrogens with zero attached hydrogens (tertiary/aromatic N) is 1. The van der Waals surface area contributed by atoms with Gasteiger partial charge in [-0.1, -0.05) is 30.3 Å². The summed E-state index contributed by atoms with van der Waals surface area (Å²) in [5.74, 6) is 0. The van der Waals surface area contributed by atoms with E-state index < -0.39 is 0 Å². The smallest absolute Gasteiger partial charge is 0.224 e. The minimum absolute atomic E-state index is 0.115. The highest BCUT2D eigenvalue weighted by atomic mass is 32.2. The van der Waals surface area contributed by atoms with Gasteiger partial charge in [-0.05, 0) is 56.0 Å². The van der Waals surface area contributed by atoms with Crippen LogP contribution < -0.4 is 0 Å². The van der Waals surface area contributed by atoms with Crippen molar-refractivity contribution < 1.29 is 4.79 Å². The molecule has 0 saturated carbocycles. The Hall–Kier alpha value is -1.61. The Kier molecular flexibility index (Phi) is 3.88. The Morgan fingerprint density at radius 2 is 1.90 bits per heavy atom. The lowest BCUT2D eigenvalue weighted by Gasteiger charge is -2.18. The number of carbonyl (C=O) groups is 1. The summed E-state index contributed by atoms with van der Waals surface area (Å²) in [5, 5.41) is 0.115. The predicted molar refractivity (Wildman–Crippen MR) is 82.2 cm³/mol. The van der Waals surface area contributed by atoms with Gasteiger partial charge < -0.3 is 0 Å². The standard InChI is InChI=1S/C17H17NOS/c1-12-11-16(14-9-5-6-10-15(14)18-12)20-17(19)13-7-3-2-4-8-13/h2-4,7-8,11H,5-6,9-10H2,1H3. The third-order valence-electron chi connectivity index (χ3n) is 3.60. The van der Waals surface area contributed by atoms with Gasteiger partial charge in [-0.3, -0.25) is 9.78 Å². The largest absolute Gasteiger partial charge is 0.281 e. The molecular weight excluding hydrogens is 266 g/mol. The van der Waals surface area contributed by atoms with Crippen molar-refractivity contribution in [2.75, 3.05) is 0 Å². The van der Waals surface area contributed by atoms with Crippen LogP contribution in [0.2, 0.25) is 0 Å². The molecule has 1 heterocycles. The lowest BCUT2D eigenvalue weighted by Crippen LogP contribution is -2.08. The average Bonchev–Trinajstić information content (AvgIpc) is 2.48. The molecule has 0 spiro atoms. The van der Waals surface area contributed by atoms with E-state index in [1.54, 1.807) is 0 Å². The van der Waals surface area contributed by atoms with Crippen molar-refractivity contribution in [2.24, 2.45) is 0 Å². The lowest BCUT2D eigenvalue weighted by atomic mass is 9.96. The van der Waals surface area contributed by atoms with Gasteiger partial charge in [0.1, 0.15) is 0 Å². The average molecular weight is 283 g/mol. The van der Waals surface area contributed by atoms with Crippen molar-refractivity contribution in [1.82, 2.24) is 4.98 Å². The molecule has 0 saturated heterocycles. The van der Waals surface area contributed by atoms with E-state index in [1.807, 2.05) is 37.3 Å². The zero-order chi connectivity index (χ0) is 13.9. The van der Waals surface area contributed by atoms with Gasteiger partial charge in [0.25, 0.3) is 0 Å². The molecule has 0 N–H and O–H groups in total. The Balaban J connectivity index is 1.91. The summed E-state index contributed by atoms with van der Waals surface area (Å²) in [6.07, 6.45) is 4.50. The van der Waals surface area contributed by atoms with Gasteiger partial charge in [0.05, 0.1) is 0 Å². The second kappa shape index (κ2) is 5.80. The molecule has 0 amide bonds. The minimum Gasteiger partial charge on any atom is -0.281 e. The maximum absolute atomic E-state index is 12.4. The fourth-order valence-corrected chi connectivity index (χ4v) is 3.65. The van der Waals surface area contributed by atoms with Gasteiger partial charge in [0.15, 0.2) is 0 Å². The molecule has 20 heavy (non-hydrogen) atoms. The molecule has 1 aromatic heterocycles. The number of aryl methyl sites for hydroxylation is 2. The number of thioether (sulfide) groups is 1. The summed E-state index contributed by atoms with van der Waals surface area (Å²) >= 11 is 1.35. The highest BCUT2D eigenvalue weighted by molar-refractivity contribution is 8.14. The number of carbonyl (C=O) groups excluding carboxylic acids is 1. The molecule has 1 aliphatic carbocycles.